The van der Waals surface area contributed by atoms with Crippen LogP contribution in [0, 0.1) is 0 Å². The average molecular weight is 212 g/mol. The summed E-state index contributed by atoms with van der Waals surface area (Å²) in [5.41, 5.74) is 0. The van der Waals surface area contributed by atoms with Crippen molar-refractivity contribution in [2.75, 3.05) is 13.2 Å². The van der Waals surface area contributed by atoms with E-state index in [0.717, 1.165) is 12.8 Å². The Balaban J connectivity index is 1.83. The Labute approximate surface area is 90.6 Å². The van der Waals surface area contributed by atoms with Crippen molar-refractivity contribution in [2.24, 2.45) is 0 Å². The summed E-state index contributed by atoms with van der Waals surface area (Å²) in [6.07, 6.45) is 4.59. The van der Waals surface area contributed by atoms with Gasteiger partial charge in [-0.25, -0.2) is 0 Å². The predicted octanol–water partition coefficient (Wildman–Crippen LogP) is 0.110. The highest BCUT2D eigenvalue weighted by Gasteiger charge is 2.35. The minimum atomic E-state index is -0.0924. The topological polar surface area (TPSA) is 52.6 Å². The number of nitrogens with one attached hydrogen (secondary N) is 1. The van der Waals surface area contributed by atoms with E-state index < -0.39 is 0 Å². The van der Waals surface area contributed by atoms with Gasteiger partial charge in [0.1, 0.15) is 0 Å². The fourth-order valence-electron chi connectivity index (χ4n) is 1.91. The molecule has 1 amide bonds. The molecule has 2 rings (SSSR count). The molecule has 0 aromatic carbocycles. The molecule has 0 aromatic heterocycles. The molecular weight excluding hydrogens is 192 g/mol. The molecule has 15 heavy (non-hydrogen) atoms. The molecule has 2 N–H and O–H groups in total. The first-order valence-corrected chi connectivity index (χ1v) is 5.89. The highest BCUT2D eigenvalue weighted by molar-refractivity contribution is 5.82. The molecule has 0 heterocycles. The third-order valence-corrected chi connectivity index (χ3v) is 3.17. The van der Waals surface area contributed by atoms with E-state index in [1.807, 2.05) is 6.92 Å². The first kappa shape index (κ1) is 10.9. The first-order valence-electron chi connectivity index (χ1n) is 5.89. The van der Waals surface area contributed by atoms with Crippen molar-refractivity contribution in [3.8, 4) is 0 Å². The predicted molar refractivity (Wildman–Crippen MR) is 57.4 cm³/mol. The summed E-state index contributed by atoms with van der Waals surface area (Å²) in [5, 5.41) is 12.0. The van der Waals surface area contributed by atoms with Crippen LogP contribution >= 0.6 is 0 Å². The number of amides is 1. The highest BCUT2D eigenvalue weighted by Crippen LogP contribution is 2.28. The van der Waals surface area contributed by atoms with Gasteiger partial charge in [0.15, 0.2) is 0 Å². The number of hydrogen-bond acceptors (Lipinski definition) is 3. The van der Waals surface area contributed by atoms with Gasteiger partial charge in [-0.2, -0.15) is 0 Å². The van der Waals surface area contributed by atoms with Gasteiger partial charge in [-0.1, -0.05) is 0 Å². The van der Waals surface area contributed by atoms with Crippen molar-refractivity contribution in [1.29, 1.82) is 0 Å². The SMILES string of the molecule is CC(C(=O)NC1CC1)N(CCO)C1CC1. The minimum Gasteiger partial charge on any atom is -0.395 e. The van der Waals surface area contributed by atoms with E-state index in [0.29, 0.717) is 18.6 Å². The monoisotopic (exact) mass is 212 g/mol. The second-order valence-electron chi connectivity index (χ2n) is 4.65. The maximum atomic E-state index is 11.8. The molecule has 4 heteroatoms. The second-order valence-corrected chi connectivity index (χ2v) is 4.65. The summed E-state index contributed by atoms with van der Waals surface area (Å²) in [4.78, 5) is 13.9. The lowest BCUT2D eigenvalue weighted by molar-refractivity contribution is -0.126. The summed E-state index contributed by atoms with van der Waals surface area (Å²) in [6, 6.07) is 0.859. The Morgan fingerprint density at radius 3 is 2.60 bits per heavy atom. The molecule has 86 valence electrons. The zero-order valence-corrected chi connectivity index (χ0v) is 9.28. The maximum absolute atomic E-state index is 11.8. The van der Waals surface area contributed by atoms with Crippen molar-refractivity contribution in [3.63, 3.8) is 0 Å². The van der Waals surface area contributed by atoms with Crippen LogP contribution in [0.3, 0.4) is 0 Å². The fourth-order valence-corrected chi connectivity index (χ4v) is 1.91. The molecule has 0 aliphatic heterocycles. The minimum absolute atomic E-state index is 0.0924. The molecule has 0 aromatic rings. The molecule has 2 saturated carbocycles. The standard InChI is InChI=1S/C11H20N2O2/c1-8(11(15)12-9-2-3-9)13(6-7-14)10-4-5-10/h8-10,14H,2-7H2,1H3,(H,12,15). The number of aliphatic hydroxyl groups excluding tert-OH is 1. The largest absolute Gasteiger partial charge is 0.395 e. The summed E-state index contributed by atoms with van der Waals surface area (Å²) in [6.45, 7) is 2.69. The van der Waals surface area contributed by atoms with E-state index in [2.05, 4.69) is 10.2 Å². The van der Waals surface area contributed by atoms with Crippen LogP contribution in [0.4, 0.5) is 0 Å². The van der Waals surface area contributed by atoms with Crippen molar-refractivity contribution in [1.82, 2.24) is 10.2 Å². The van der Waals surface area contributed by atoms with E-state index in [1.54, 1.807) is 0 Å². The normalized spacial score (nSPS) is 22.9. The summed E-state index contributed by atoms with van der Waals surface area (Å²) in [7, 11) is 0. The second kappa shape index (κ2) is 4.49. The van der Waals surface area contributed by atoms with E-state index in [4.69, 9.17) is 5.11 Å². The summed E-state index contributed by atoms with van der Waals surface area (Å²) < 4.78 is 0. The lowest BCUT2D eigenvalue weighted by Crippen LogP contribution is -2.47. The number of carbonyl (C=O) groups excluding carboxylic acids is 1. The molecule has 0 radical (unpaired) electrons. The van der Waals surface area contributed by atoms with Gasteiger partial charge in [-0.05, 0) is 32.6 Å². The number of nitrogens with zero attached hydrogens (tertiary/aromatic N) is 1. The van der Waals surface area contributed by atoms with Gasteiger partial charge in [0, 0.05) is 18.6 Å². The average Bonchev–Trinajstić information content (AvgIpc) is 3.04. The van der Waals surface area contributed by atoms with Gasteiger partial charge in [0.05, 0.1) is 12.6 Å². The summed E-state index contributed by atoms with van der Waals surface area (Å²) in [5.74, 6) is 0.123. The van der Waals surface area contributed by atoms with E-state index in [1.165, 1.54) is 12.8 Å². The highest BCUT2D eigenvalue weighted by atomic mass is 16.3. The van der Waals surface area contributed by atoms with Gasteiger partial charge in [-0.15, -0.1) is 0 Å². The molecule has 1 unspecified atom stereocenters. The van der Waals surface area contributed by atoms with Crippen molar-refractivity contribution in [3.05, 3.63) is 0 Å². The van der Waals surface area contributed by atoms with Gasteiger partial charge in [-0.3, -0.25) is 9.69 Å². The number of rotatable bonds is 6. The van der Waals surface area contributed by atoms with Gasteiger partial charge in [0.25, 0.3) is 0 Å². The third kappa shape index (κ3) is 2.92. The van der Waals surface area contributed by atoms with Crippen molar-refractivity contribution in [2.45, 2.75) is 50.7 Å². The zero-order valence-electron chi connectivity index (χ0n) is 9.28. The fraction of sp³-hybridized carbons (Fsp3) is 0.909. The van der Waals surface area contributed by atoms with Crippen LogP contribution in [0.5, 0.6) is 0 Å². The molecule has 2 fully saturated rings. The Hall–Kier alpha value is -0.610. The Kier molecular flexibility index (Phi) is 3.26. The zero-order chi connectivity index (χ0) is 10.8. The van der Waals surface area contributed by atoms with Crippen LogP contribution in [0.15, 0.2) is 0 Å². The third-order valence-electron chi connectivity index (χ3n) is 3.17. The van der Waals surface area contributed by atoms with Crippen LogP contribution in [-0.2, 0) is 4.79 Å². The summed E-state index contributed by atoms with van der Waals surface area (Å²) >= 11 is 0. The van der Waals surface area contributed by atoms with Crippen molar-refractivity contribution < 1.29 is 9.90 Å². The van der Waals surface area contributed by atoms with E-state index in [9.17, 15) is 4.79 Å². The number of hydrogen-bond donors (Lipinski definition) is 2. The molecule has 0 spiro atoms. The Morgan fingerprint density at radius 1 is 1.47 bits per heavy atom. The van der Waals surface area contributed by atoms with Crippen LogP contribution in [0.25, 0.3) is 0 Å². The molecule has 2 aliphatic carbocycles. The molecule has 2 aliphatic rings. The van der Waals surface area contributed by atoms with Gasteiger partial charge in [0.2, 0.25) is 5.91 Å². The Morgan fingerprint density at radius 2 is 2.13 bits per heavy atom. The van der Waals surface area contributed by atoms with Crippen LogP contribution < -0.4 is 5.32 Å². The first-order chi connectivity index (χ1) is 7.22. The molecule has 1 atom stereocenters. The van der Waals surface area contributed by atoms with Crippen LogP contribution in [0.2, 0.25) is 0 Å². The molecule has 4 nitrogen and oxygen atoms in total. The van der Waals surface area contributed by atoms with Gasteiger partial charge >= 0.3 is 0 Å². The molecule has 0 saturated heterocycles. The number of aliphatic hydroxyl groups is 1. The van der Waals surface area contributed by atoms with Crippen LogP contribution in [-0.4, -0.2) is 47.2 Å². The number of carbonyl (C=O) groups is 1. The van der Waals surface area contributed by atoms with Crippen molar-refractivity contribution >= 4 is 5.91 Å². The van der Waals surface area contributed by atoms with Crippen LogP contribution in [0.1, 0.15) is 32.6 Å². The smallest absolute Gasteiger partial charge is 0.237 e. The lowest BCUT2D eigenvalue weighted by Gasteiger charge is -2.27. The molecular formula is C11H20N2O2. The van der Waals surface area contributed by atoms with E-state index >= 15 is 0 Å². The van der Waals surface area contributed by atoms with Gasteiger partial charge < -0.3 is 10.4 Å². The maximum Gasteiger partial charge on any atom is 0.237 e. The van der Waals surface area contributed by atoms with E-state index in [-0.39, 0.29) is 18.6 Å². The Bertz CT molecular complexity index is 237. The quantitative estimate of drug-likeness (QED) is 0.657. The molecule has 0 bridgehead atoms. The lowest BCUT2D eigenvalue weighted by atomic mass is 10.2.